The molecule has 0 bridgehead atoms. The van der Waals surface area contributed by atoms with Crippen molar-refractivity contribution in [1.82, 2.24) is 20.0 Å². The Hall–Kier alpha value is -3.07. The smallest absolute Gasteiger partial charge is 0.338 e. The van der Waals surface area contributed by atoms with Crippen LogP contribution in [0.4, 0.5) is 4.79 Å². The Morgan fingerprint density at radius 2 is 1.82 bits per heavy atom. The SMILES string of the molecule is CCOC(=O)C1=C(CN2CCN(C(=O)C3CC3)CC2)N(C)C(=O)NC1c1ccccc1OC. The predicted octanol–water partition coefficient (Wildman–Crippen LogP) is 1.76. The summed E-state index contributed by atoms with van der Waals surface area (Å²) >= 11 is 0. The molecule has 178 valence electrons. The first-order valence-electron chi connectivity index (χ1n) is 11.5. The Kier molecular flexibility index (Phi) is 6.88. The molecule has 1 saturated carbocycles. The van der Waals surface area contributed by atoms with Crippen molar-refractivity contribution in [1.29, 1.82) is 0 Å². The third-order valence-electron chi connectivity index (χ3n) is 6.51. The number of nitrogens with zero attached hydrogens (tertiary/aromatic N) is 3. The number of amides is 3. The molecule has 4 rings (SSSR count). The normalized spacial score (nSPS) is 21.7. The van der Waals surface area contributed by atoms with Crippen molar-refractivity contribution in [3.05, 3.63) is 41.1 Å². The highest BCUT2D eigenvalue weighted by Gasteiger charge is 2.39. The lowest BCUT2D eigenvalue weighted by Gasteiger charge is -2.39. The predicted molar refractivity (Wildman–Crippen MR) is 121 cm³/mol. The second kappa shape index (κ2) is 9.82. The molecule has 1 aromatic rings. The summed E-state index contributed by atoms with van der Waals surface area (Å²) < 4.78 is 10.9. The van der Waals surface area contributed by atoms with Crippen LogP contribution < -0.4 is 10.1 Å². The Labute approximate surface area is 194 Å². The van der Waals surface area contributed by atoms with Crippen LogP contribution in [0.3, 0.4) is 0 Å². The molecular weight excluding hydrogens is 424 g/mol. The van der Waals surface area contributed by atoms with Gasteiger partial charge < -0.3 is 19.7 Å². The Morgan fingerprint density at radius 1 is 1.12 bits per heavy atom. The average Bonchev–Trinajstić information content (AvgIpc) is 3.67. The molecule has 3 amide bonds. The number of carbonyl (C=O) groups is 3. The zero-order chi connectivity index (χ0) is 23.5. The van der Waals surface area contributed by atoms with Gasteiger partial charge in [0.2, 0.25) is 5.91 Å². The van der Waals surface area contributed by atoms with E-state index in [-0.39, 0.29) is 24.5 Å². The van der Waals surface area contributed by atoms with Gasteiger partial charge >= 0.3 is 12.0 Å². The van der Waals surface area contributed by atoms with Gasteiger partial charge in [0, 0.05) is 56.9 Å². The molecule has 1 N–H and O–H groups in total. The molecule has 9 heteroatoms. The number of esters is 1. The van der Waals surface area contributed by atoms with Gasteiger partial charge in [-0.1, -0.05) is 18.2 Å². The van der Waals surface area contributed by atoms with Crippen LogP contribution in [0.2, 0.25) is 0 Å². The zero-order valence-corrected chi connectivity index (χ0v) is 19.5. The van der Waals surface area contributed by atoms with E-state index in [1.54, 1.807) is 27.1 Å². The van der Waals surface area contributed by atoms with Crippen LogP contribution in [0.5, 0.6) is 5.75 Å². The van der Waals surface area contributed by atoms with Crippen molar-refractivity contribution in [2.24, 2.45) is 5.92 Å². The maximum Gasteiger partial charge on any atom is 0.338 e. The number of urea groups is 1. The lowest BCUT2D eigenvalue weighted by molar-refractivity contribution is -0.139. The summed E-state index contributed by atoms with van der Waals surface area (Å²) in [7, 11) is 3.22. The maximum atomic E-state index is 13.1. The minimum absolute atomic E-state index is 0.212. The number of likely N-dealkylation sites (N-methyl/N-ethyl adjacent to an activating group) is 1. The number of carbonyl (C=O) groups excluding carboxylic acids is 3. The molecule has 0 aromatic heterocycles. The summed E-state index contributed by atoms with van der Waals surface area (Å²) in [5.41, 5.74) is 1.71. The van der Waals surface area contributed by atoms with E-state index >= 15 is 0 Å². The number of piperazine rings is 1. The minimum Gasteiger partial charge on any atom is -0.496 e. The lowest BCUT2D eigenvalue weighted by Crippen LogP contribution is -2.53. The van der Waals surface area contributed by atoms with Crippen molar-refractivity contribution in [2.45, 2.75) is 25.8 Å². The van der Waals surface area contributed by atoms with Crippen LogP contribution in [0.1, 0.15) is 31.4 Å². The first kappa shape index (κ1) is 23.1. The van der Waals surface area contributed by atoms with Crippen molar-refractivity contribution < 1.29 is 23.9 Å². The van der Waals surface area contributed by atoms with E-state index < -0.39 is 12.0 Å². The van der Waals surface area contributed by atoms with Crippen molar-refractivity contribution in [3.8, 4) is 5.75 Å². The molecule has 2 heterocycles. The van der Waals surface area contributed by atoms with E-state index in [0.29, 0.717) is 55.3 Å². The van der Waals surface area contributed by atoms with Gasteiger partial charge in [-0.15, -0.1) is 0 Å². The van der Waals surface area contributed by atoms with Crippen molar-refractivity contribution in [3.63, 3.8) is 0 Å². The number of methoxy groups -OCH3 is 1. The van der Waals surface area contributed by atoms with Crippen molar-refractivity contribution in [2.75, 3.05) is 53.5 Å². The molecule has 2 aliphatic heterocycles. The molecule has 2 fully saturated rings. The van der Waals surface area contributed by atoms with E-state index in [4.69, 9.17) is 9.47 Å². The fourth-order valence-corrected chi connectivity index (χ4v) is 4.46. The third kappa shape index (κ3) is 4.83. The summed E-state index contributed by atoms with van der Waals surface area (Å²) in [6.07, 6.45) is 2.00. The third-order valence-corrected chi connectivity index (χ3v) is 6.51. The van der Waals surface area contributed by atoms with Crippen LogP contribution in [-0.2, 0) is 14.3 Å². The molecule has 1 aliphatic carbocycles. The second-order valence-corrected chi connectivity index (χ2v) is 8.64. The van der Waals surface area contributed by atoms with Gasteiger partial charge in [-0.2, -0.15) is 0 Å². The van der Waals surface area contributed by atoms with Gasteiger partial charge in [0.05, 0.1) is 25.3 Å². The highest BCUT2D eigenvalue weighted by atomic mass is 16.5. The molecule has 1 saturated heterocycles. The van der Waals surface area contributed by atoms with Crippen LogP contribution in [0.25, 0.3) is 0 Å². The van der Waals surface area contributed by atoms with E-state index in [1.807, 2.05) is 23.1 Å². The number of rotatable bonds is 7. The van der Waals surface area contributed by atoms with Crippen LogP contribution in [0, 0.1) is 5.92 Å². The quantitative estimate of drug-likeness (QED) is 0.629. The van der Waals surface area contributed by atoms with Crippen LogP contribution in [-0.4, -0.2) is 86.1 Å². The van der Waals surface area contributed by atoms with E-state index in [9.17, 15) is 14.4 Å². The summed E-state index contributed by atoms with van der Waals surface area (Å²) in [5.74, 6) is 0.592. The largest absolute Gasteiger partial charge is 0.496 e. The maximum absolute atomic E-state index is 13.1. The van der Waals surface area contributed by atoms with Gasteiger partial charge in [-0.25, -0.2) is 9.59 Å². The minimum atomic E-state index is -0.684. The first-order valence-corrected chi connectivity index (χ1v) is 11.5. The molecule has 33 heavy (non-hydrogen) atoms. The molecule has 0 spiro atoms. The van der Waals surface area contributed by atoms with E-state index in [1.165, 1.54) is 4.90 Å². The standard InChI is InChI=1S/C24H32N4O5/c1-4-33-23(30)20-18(15-27-11-13-28(14-12-27)22(29)16-9-10-16)26(2)24(31)25-21(20)17-7-5-6-8-19(17)32-3/h5-8,16,21H,4,9-15H2,1-3H3,(H,25,31). The monoisotopic (exact) mass is 456 g/mol. The molecular formula is C24H32N4O5. The van der Waals surface area contributed by atoms with E-state index in [0.717, 1.165) is 12.8 Å². The van der Waals surface area contributed by atoms with Gasteiger partial charge in [0.25, 0.3) is 0 Å². The highest BCUT2D eigenvalue weighted by Crippen LogP contribution is 2.36. The Morgan fingerprint density at radius 3 is 2.45 bits per heavy atom. The number of hydrogen-bond acceptors (Lipinski definition) is 6. The molecule has 3 aliphatic rings. The van der Waals surface area contributed by atoms with Crippen LogP contribution >= 0.6 is 0 Å². The number of nitrogens with one attached hydrogen (secondary N) is 1. The van der Waals surface area contributed by atoms with Gasteiger partial charge in [-0.05, 0) is 25.8 Å². The summed E-state index contributed by atoms with van der Waals surface area (Å²) in [6, 6.07) is 6.36. The zero-order valence-electron chi connectivity index (χ0n) is 19.5. The second-order valence-electron chi connectivity index (χ2n) is 8.64. The first-order chi connectivity index (χ1) is 15.9. The number of ether oxygens (including phenoxy) is 2. The molecule has 9 nitrogen and oxygen atoms in total. The highest BCUT2D eigenvalue weighted by molar-refractivity contribution is 5.95. The number of para-hydroxylation sites is 1. The van der Waals surface area contributed by atoms with Gasteiger partial charge in [0.15, 0.2) is 0 Å². The van der Waals surface area contributed by atoms with E-state index in [2.05, 4.69) is 10.2 Å². The lowest BCUT2D eigenvalue weighted by atomic mass is 9.93. The fraction of sp³-hybridized carbons (Fsp3) is 0.542. The number of hydrogen-bond donors (Lipinski definition) is 1. The van der Waals surface area contributed by atoms with Crippen LogP contribution in [0.15, 0.2) is 35.5 Å². The summed E-state index contributed by atoms with van der Waals surface area (Å²) in [6.45, 7) is 5.09. The fourth-order valence-electron chi connectivity index (χ4n) is 4.46. The molecule has 1 aromatic carbocycles. The molecule has 1 atom stereocenters. The Balaban J connectivity index is 1.63. The van der Waals surface area contributed by atoms with Crippen molar-refractivity contribution >= 4 is 17.9 Å². The van der Waals surface area contributed by atoms with Gasteiger partial charge in [-0.3, -0.25) is 14.6 Å². The topological polar surface area (TPSA) is 91.4 Å². The Bertz CT molecular complexity index is 950. The molecule has 0 radical (unpaired) electrons. The number of benzene rings is 1. The summed E-state index contributed by atoms with van der Waals surface area (Å²) in [5, 5.41) is 2.93. The summed E-state index contributed by atoms with van der Waals surface area (Å²) in [4.78, 5) is 44.0. The molecule has 1 unspecified atom stereocenters. The van der Waals surface area contributed by atoms with Gasteiger partial charge in [0.1, 0.15) is 5.75 Å². The average molecular weight is 457 g/mol.